The van der Waals surface area contributed by atoms with E-state index in [1.54, 1.807) is 35.2 Å². The molecule has 1 saturated heterocycles. The van der Waals surface area contributed by atoms with Gasteiger partial charge >= 0.3 is 0 Å². The molecule has 0 bridgehead atoms. The van der Waals surface area contributed by atoms with E-state index in [-0.39, 0.29) is 36.3 Å². The molecule has 0 aromatic heterocycles. The van der Waals surface area contributed by atoms with Gasteiger partial charge in [0.15, 0.2) is 0 Å². The highest BCUT2D eigenvalue weighted by Gasteiger charge is 2.30. The van der Waals surface area contributed by atoms with Crippen LogP contribution in [0.5, 0.6) is 0 Å². The van der Waals surface area contributed by atoms with Gasteiger partial charge < -0.3 is 10.2 Å². The highest BCUT2D eigenvalue weighted by Crippen LogP contribution is 2.26. The van der Waals surface area contributed by atoms with Crippen molar-refractivity contribution in [1.82, 2.24) is 14.5 Å². The maximum atomic E-state index is 12.6. The number of sulfonamides is 1. The molecule has 8 heteroatoms. The molecule has 0 unspecified atom stereocenters. The summed E-state index contributed by atoms with van der Waals surface area (Å²) in [6, 6.07) is 8.33. The second kappa shape index (κ2) is 9.52. The molecular weight excluding hydrogens is 378 g/mol. The minimum Gasteiger partial charge on any atom is -0.347 e. The molecule has 2 amide bonds. The molecule has 28 heavy (non-hydrogen) atoms. The number of carbonyl (C=O) groups excluding carboxylic acids is 2. The van der Waals surface area contributed by atoms with Crippen LogP contribution >= 0.6 is 0 Å². The zero-order valence-electron chi connectivity index (χ0n) is 16.2. The van der Waals surface area contributed by atoms with Gasteiger partial charge in [-0.25, -0.2) is 8.42 Å². The third kappa shape index (κ3) is 5.32. The van der Waals surface area contributed by atoms with Crippen LogP contribution in [0, 0.1) is 5.92 Å². The summed E-state index contributed by atoms with van der Waals surface area (Å²) in [5.41, 5.74) is 0. The fraction of sp³-hybridized carbons (Fsp3) is 0.600. The SMILES string of the molecule is O=C(CC1CCCCC1)NCC(=O)N1CCN(S(=O)(=O)c2ccccc2)CC1. The second-order valence-electron chi connectivity index (χ2n) is 7.58. The molecular formula is C20H29N3O4S. The molecule has 154 valence electrons. The predicted octanol–water partition coefficient (Wildman–Crippen LogP) is 1.61. The average Bonchev–Trinajstić information content (AvgIpc) is 2.73. The van der Waals surface area contributed by atoms with Gasteiger partial charge in [-0.05, 0) is 30.9 Å². The van der Waals surface area contributed by atoms with Gasteiger partial charge in [0.1, 0.15) is 0 Å². The fourth-order valence-electron chi connectivity index (χ4n) is 3.93. The summed E-state index contributed by atoms with van der Waals surface area (Å²) in [7, 11) is -3.53. The Kier molecular flexibility index (Phi) is 7.07. The molecule has 1 N–H and O–H groups in total. The molecule has 0 radical (unpaired) electrons. The van der Waals surface area contributed by atoms with Crippen LogP contribution in [-0.4, -0.2) is 62.2 Å². The molecule has 1 aromatic carbocycles. The summed E-state index contributed by atoms with van der Waals surface area (Å²) in [5.74, 6) is 0.217. The summed E-state index contributed by atoms with van der Waals surface area (Å²) in [4.78, 5) is 26.3. The molecule has 0 spiro atoms. The van der Waals surface area contributed by atoms with Crippen molar-refractivity contribution in [3.63, 3.8) is 0 Å². The number of piperazine rings is 1. The van der Waals surface area contributed by atoms with E-state index in [0.717, 1.165) is 12.8 Å². The lowest BCUT2D eigenvalue weighted by molar-refractivity contribution is -0.134. The van der Waals surface area contributed by atoms with Gasteiger partial charge in [-0.1, -0.05) is 37.5 Å². The molecule has 1 aliphatic heterocycles. The van der Waals surface area contributed by atoms with Crippen molar-refractivity contribution < 1.29 is 18.0 Å². The first kappa shape index (κ1) is 20.8. The van der Waals surface area contributed by atoms with Crippen LogP contribution in [0.25, 0.3) is 0 Å². The van der Waals surface area contributed by atoms with Crippen LogP contribution in [0.15, 0.2) is 35.2 Å². The van der Waals surface area contributed by atoms with Crippen molar-refractivity contribution >= 4 is 21.8 Å². The Morgan fingerprint density at radius 1 is 0.964 bits per heavy atom. The zero-order chi connectivity index (χ0) is 20.0. The molecule has 1 aliphatic carbocycles. The average molecular weight is 408 g/mol. The van der Waals surface area contributed by atoms with E-state index >= 15 is 0 Å². The molecule has 3 rings (SSSR count). The van der Waals surface area contributed by atoms with Crippen LogP contribution in [0.4, 0.5) is 0 Å². The van der Waals surface area contributed by atoms with E-state index in [4.69, 9.17) is 0 Å². The summed E-state index contributed by atoms with van der Waals surface area (Å²) in [6.45, 7) is 1.18. The minimum atomic E-state index is -3.53. The summed E-state index contributed by atoms with van der Waals surface area (Å²) < 4.78 is 26.7. The summed E-state index contributed by atoms with van der Waals surface area (Å²) in [6.07, 6.45) is 6.32. The molecule has 0 atom stereocenters. The third-order valence-electron chi connectivity index (χ3n) is 5.61. The monoisotopic (exact) mass is 407 g/mol. The Morgan fingerprint density at radius 2 is 1.61 bits per heavy atom. The lowest BCUT2D eigenvalue weighted by Crippen LogP contribution is -2.52. The molecule has 2 aliphatic rings. The van der Waals surface area contributed by atoms with Crippen LogP contribution < -0.4 is 5.32 Å². The van der Waals surface area contributed by atoms with Crippen molar-refractivity contribution in [2.45, 2.75) is 43.4 Å². The van der Waals surface area contributed by atoms with E-state index in [1.807, 2.05) is 0 Å². The summed E-state index contributed by atoms with van der Waals surface area (Å²) >= 11 is 0. The number of rotatable bonds is 6. The Hall–Kier alpha value is -1.93. The van der Waals surface area contributed by atoms with Gasteiger partial charge in [-0.15, -0.1) is 0 Å². The zero-order valence-corrected chi connectivity index (χ0v) is 17.0. The van der Waals surface area contributed by atoms with Crippen molar-refractivity contribution in [3.05, 3.63) is 30.3 Å². The number of nitrogens with one attached hydrogen (secondary N) is 1. The number of carbonyl (C=O) groups is 2. The number of hydrogen-bond donors (Lipinski definition) is 1. The maximum absolute atomic E-state index is 12.6. The highest BCUT2D eigenvalue weighted by atomic mass is 32.2. The Morgan fingerprint density at radius 3 is 2.25 bits per heavy atom. The predicted molar refractivity (Wildman–Crippen MR) is 106 cm³/mol. The van der Waals surface area contributed by atoms with Gasteiger partial charge in [-0.3, -0.25) is 9.59 Å². The number of benzene rings is 1. The molecule has 1 aromatic rings. The molecule has 1 heterocycles. The molecule has 7 nitrogen and oxygen atoms in total. The lowest BCUT2D eigenvalue weighted by atomic mass is 9.87. The molecule has 2 fully saturated rings. The van der Waals surface area contributed by atoms with E-state index in [0.29, 0.717) is 25.4 Å². The Bertz CT molecular complexity index is 768. The van der Waals surface area contributed by atoms with Crippen molar-refractivity contribution in [2.75, 3.05) is 32.7 Å². The quantitative estimate of drug-likeness (QED) is 0.776. The topological polar surface area (TPSA) is 86.8 Å². The van der Waals surface area contributed by atoms with Crippen LogP contribution in [0.2, 0.25) is 0 Å². The first-order valence-corrected chi connectivity index (χ1v) is 11.5. The van der Waals surface area contributed by atoms with Gasteiger partial charge in [0.25, 0.3) is 0 Å². The minimum absolute atomic E-state index is 0.0169. The van der Waals surface area contributed by atoms with Gasteiger partial charge in [0.2, 0.25) is 21.8 Å². The normalized spacial score (nSPS) is 19.4. The highest BCUT2D eigenvalue weighted by molar-refractivity contribution is 7.89. The Balaban J connectivity index is 1.43. The van der Waals surface area contributed by atoms with Crippen LogP contribution in [0.1, 0.15) is 38.5 Å². The van der Waals surface area contributed by atoms with Crippen LogP contribution in [-0.2, 0) is 19.6 Å². The van der Waals surface area contributed by atoms with Crippen molar-refractivity contribution in [1.29, 1.82) is 0 Å². The van der Waals surface area contributed by atoms with Crippen molar-refractivity contribution in [3.8, 4) is 0 Å². The largest absolute Gasteiger partial charge is 0.347 e. The number of nitrogens with zero attached hydrogens (tertiary/aromatic N) is 2. The lowest BCUT2D eigenvalue weighted by Gasteiger charge is -2.34. The fourth-order valence-corrected chi connectivity index (χ4v) is 5.37. The smallest absolute Gasteiger partial charge is 0.243 e. The maximum Gasteiger partial charge on any atom is 0.243 e. The standard InChI is InChI=1S/C20H29N3O4S/c24-19(15-17-7-3-1-4-8-17)21-16-20(25)22-11-13-23(14-12-22)28(26,27)18-9-5-2-6-10-18/h2,5-6,9-10,17H,1,3-4,7-8,11-16H2,(H,21,24). The van der Waals surface area contributed by atoms with E-state index in [9.17, 15) is 18.0 Å². The third-order valence-corrected chi connectivity index (χ3v) is 7.52. The van der Waals surface area contributed by atoms with Crippen molar-refractivity contribution in [2.24, 2.45) is 5.92 Å². The number of amides is 2. The second-order valence-corrected chi connectivity index (χ2v) is 9.52. The molecule has 1 saturated carbocycles. The first-order chi connectivity index (χ1) is 13.5. The van der Waals surface area contributed by atoms with Crippen LogP contribution in [0.3, 0.4) is 0 Å². The van der Waals surface area contributed by atoms with E-state index < -0.39 is 10.0 Å². The van der Waals surface area contributed by atoms with Gasteiger partial charge in [0, 0.05) is 32.6 Å². The van der Waals surface area contributed by atoms with Gasteiger partial charge in [0.05, 0.1) is 11.4 Å². The van der Waals surface area contributed by atoms with E-state index in [1.165, 1.54) is 23.6 Å². The summed E-state index contributed by atoms with van der Waals surface area (Å²) in [5, 5.41) is 2.73. The Labute approximate surface area is 167 Å². The van der Waals surface area contributed by atoms with E-state index in [2.05, 4.69) is 5.32 Å². The van der Waals surface area contributed by atoms with Gasteiger partial charge in [-0.2, -0.15) is 4.31 Å². The number of hydrogen-bond acceptors (Lipinski definition) is 4. The first-order valence-electron chi connectivity index (χ1n) is 10.1.